The topological polar surface area (TPSA) is 29.1 Å². The first kappa shape index (κ1) is 10.5. The van der Waals surface area contributed by atoms with E-state index in [1.54, 1.807) is 0 Å². The van der Waals surface area contributed by atoms with Gasteiger partial charge in [-0.1, -0.05) is 0 Å². The van der Waals surface area contributed by atoms with E-state index in [1.807, 2.05) is 0 Å². The van der Waals surface area contributed by atoms with Crippen molar-refractivity contribution in [2.24, 2.45) is 5.92 Å². The zero-order chi connectivity index (χ0) is 10.8. The number of hydrogen-bond donors (Lipinski definition) is 2. The maximum atomic E-state index is 12.9. The fourth-order valence-corrected chi connectivity index (χ4v) is 1.53. The molecule has 4 heteroatoms. The lowest BCUT2D eigenvalue weighted by Gasteiger charge is -2.04. The first-order chi connectivity index (χ1) is 7.16. The van der Waals surface area contributed by atoms with Crippen LogP contribution in [0.1, 0.15) is 23.2 Å². The largest absolute Gasteiger partial charge is 0.352 e. The molecule has 0 saturated heterocycles. The third kappa shape index (κ3) is 2.72. The summed E-state index contributed by atoms with van der Waals surface area (Å²) in [5, 5.41) is 2.81. The number of carbonyl (C=O) groups is 1. The van der Waals surface area contributed by atoms with E-state index < -0.39 is 5.82 Å². The van der Waals surface area contributed by atoms with E-state index in [9.17, 15) is 9.18 Å². The van der Waals surface area contributed by atoms with Crippen LogP contribution < -0.4 is 5.32 Å². The molecule has 0 aliphatic heterocycles. The van der Waals surface area contributed by atoms with Crippen molar-refractivity contribution in [2.75, 3.05) is 6.54 Å². The van der Waals surface area contributed by atoms with E-state index in [0.717, 1.165) is 6.54 Å². The highest BCUT2D eigenvalue weighted by molar-refractivity contribution is 7.80. The molecule has 2 rings (SSSR count). The zero-order valence-corrected chi connectivity index (χ0v) is 9.06. The first-order valence-corrected chi connectivity index (χ1v) is 5.38. The Morgan fingerprint density at radius 3 is 2.87 bits per heavy atom. The van der Waals surface area contributed by atoms with Gasteiger partial charge in [0, 0.05) is 17.0 Å². The molecular formula is C11H12FNOS. The molecular weight excluding hydrogens is 213 g/mol. The molecule has 0 unspecified atom stereocenters. The molecule has 0 atom stereocenters. The average Bonchev–Trinajstić information content (AvgIpc) is 3.02. The van der Waals surface area contributed by atoms with Gasteiger partial charge >= 0.3 is 0 Å². The van der Waals surface area contributed by atoms with Gasteiger partial charge in [0.15, 0.2) is 0 Å². The predicted molar refractivity (Wildman–Crippen MR) is 58.7 cm³/mol. The number of thiol groups is 1. The molecule has 1 fully saturated rings. The Kier molecular flexibility index (Phi) is 2.95. The van der Waals surface area contributed by atoms with Gasteiger partial charge in [0.05, 0.1) is 0 Å². The minimum atomic E-state index is -0.405. The SMILES string of the molecule is O=C(NCC1CC1)c1ccc(F)c(S)c1. The van der Waals surface area contributed by atoms with E-state index in [-0.39, 0.29) is 10.8 Å². The second kappa shape index (κ2) is 4.23. The molecule has 0 aromatic heterocycles. The summed E-state index contributed by atoms with van der Waals surface area (Å²) in [7, 11) is 0. The molecule has 1 aromatic carbocycles. The van der Waals surface area contributed by atoms with Gasteiger partial charge in [-0.3, -0.25) is 4.79 Å². The van der Waals surface area contributed by atoms with Crippen LogP contribution in [0.25, 0.3) is 0 Å². The normalized spacial score (nSPS) is 15.1. The van der Waals surface area contributed by atoms with Crippen molar-refractivity contribution in [3.63, 3.8) is 0 Å². The summed E-state index contributed by atoms with van der Waals surface area (Å²) in [6.07, 6.45) is 2.39. The lowest BCUT2D eigenvalue weighted by Crippen LogP contribution is -2.25. The Morgan fingerprint density at radius 1 is 1.53 bits per heavy atom. The van der Waals surface area contributed by atoms with Crippen molar-refractivity contribution < 1.29 is 9.18 Å². The van der Waals surface area contributed by atoms with Crippen molar-refractivity contribution in [3.05, 3.63) is 29.6 Å². The van der Waals surface area contributed by atoms with Crippen LogP contribution in [0.3, 0.4) is 0 Å². The zero-order valence-electron chi connectivity index (χ0n) is 8.16. The van der Waals surface area contributed by atoms with Crippen molar-refractivity contribution in [3.8, 4) is 0 Å². The highest BCUT2D eigenvalue weighted by atomic mass is 32.1. The quantitative estimate of drug-likeness (QED) is 0.759. The minimum Gasteiger partial charge on any atom is -0.352 e. The van der Waals surface area contributed by atoms with Crippen LogP contribution in [0.15, 0.2) is 23.1 Å². The standard InChI is InChI=1S/C11H12FNOS/c12-9-4-3-8(5-10(9)15)11(14)13-6-7-1-2-7/h3-5,7,15H,1-2,6H2,(H,13,14). The van der Waals surface area contributed by atoms with Crippen LogP contribution in [-0.4, -0.2) is 12.5 Å². The van der Waals surface area contributed by atoms with Crippen LogP contribution in [0.5, 0.6) is 0 Å². The number of benzene rings is 1. The van der Waals surface area contributed by atoms with Crippen molar-refractivity contribution in [1.82, 2.24) is 5.32 Å². The van der Waals surface area contributed by atoms with Gasteiger partial charge in [0.25, 0.3) is 5.91 Å². The van der Waals surface area contributed by atoms with E-state index in [2.05, 4.69) is 17.9 Å². The molecule has 0 bridgehead atoms. The van der Waals surface area contributed by atoms with E-state index in [4.69, 9.17) is 0 Å². The molecule has 1 amide bonds. The molecule has 80 valence electrons. The van der Waals surface area contributed by atoms with Gasteiger partial charge in [-0.2, -0.15) is 0 Å². The van der Waals surface area contributed by atoms with Crippen molar-refractivity contribution >= 4 is 18.5 Å². The number of rotatable bonds is 3. The molecule has 1 aliphatic rings. The van der Waals surface area contributed by atoms with Crippen LogP contribution in [0, 0.1) is 11.7 Å². The predicted octanol–water partition coefficient (Wildman–Crippen LogP) is 2.25. The van der Waals surface area contributed by atoms with E-state index in [1.165, 1.54) is 31.0 Å². The molecule has 1 aromatic rings. The van der Waals surface area contributed by atoms with Crippen molar-refractivity contribution in [1.29, 1.82) is 0 Å². The smallest absolute Gasteiger partial charge is 0.251 e. The molecule has 0 radical (unpaired) electrons. The highest BCUT2D eigenvalue weighted by Gasteiger charge is 2.21. The van der Waals surface area contributed by atoms with E-state index >= 15 is 0 Å². The monoisotopic (exact) mass is 225 g/mol. The number of halogens is 1. The Hall–Kier alpha value is -1.03. The molecule has 15 heavy (non-hydrogen) atoms. The van der Waals surface area contributed by atoms with Gasteiger partial charge in [0.2, 0.25) is 0 Å². The Balaban J connectivity index is 2.00. The lowest BCUT2D eigenvalue weighted by atomic mass is 10.2. The molecule has 0 spiro atoms. The van der Waals surface area contributed by atoms with E-state index in [0.29, 0.717) is 11.5 Å². The Bertz CT molecular complexity index is 390. The summed E-state index contributed by atoms with van der Waals surface area (Å²) in [6, 6.07) is 4.17. The summed E-state index contributed by atoms with van der Waals surface area (Å²) in [5.74, 6) is 0.0825. The summed E-state index contributed by atoms with van der Waals surface area (Å²) < 4.78 is 12.9. The second-order valence-corrected chi connectivity index (χ2v) is 4.30. The van der Waals surface area contributed by atoms with Crippen LogP contribution in [-0.2, 0) is 0 Å². The maximum Gasteiger partial charge on any atom is 0.251 e. The van der Waals surface area contributed by atoms with Gasteiger partial charge < -0.3 is 5.32 Å². The molecule has 0 heterocycles. The number of amides is 1. The minimum absolute atomic E-state index is 0.155. The van der Waals surface area contributed by atoms with Crippen LogP contribution in [0.4, 0.5) is 4.39 Å². The number of carbonyl (C=O) groups excluding carboxylic acids is 1. The van der Waals surface area contributed by atoms with Gasteiger partial charge in [-0.15, -0.1) is 12.6 Å². The summed E-state index contributed by atoms with van der Waals surface area (Å²) >= 11 is 3.93. The summed E-state index contributed by atoms with van der Waals surface area (Å²) in [6.45, 7) is 0.720. The molecule has 1 N–H and O–H groups in total. The fraction of sp³-hybridized carbons (Fsp3) is 0.364. The maximum absolute atomic E-state index is 12.9. The molecule has 1 saturated carbocycles. The number of hydrogen-bond acceptors (Lipinski definition) is 2. The summed E-state index contributed by atoms with van der Waals surface area (Å²) in [5.41, 5.74) is 0.460. The fourth-order valence-electron chi connectivity index (χ4n) is 1.31. The van der Waals surface area contributed by atoms with Crippen LogP contribution >= 0.6 is 12.6 Å². The van der Waals surface area contributed by atoms with Gasteiger partial charge in [-0.05, 0) is 37.0 Å². The van der Waals surface area contributed by atoms with Gasteiger partial charge in [-0.25, -0.2) is 4.39 Å². The Morgan fingerprint density at radius 2 is 2.27 bits per heavy atom. The second-order valence-electron chi connectivity index (χ2n) is 3.82. The third-order valence-electron chi connectivity index (χ3n) is 2.46. The average molecular weight is 225 g/mol. The third-order valence-corrected chi connectivity index (χ3v) is 2.80. The van der Waals surface area contributed by atoms with Crippen molar-refractivity contribution in [2.45, 2.75) is 17.7 Å². The molecule has 1 aliphatic carbocycles. The first-order valence-electron chi connectivity index (χ1n) is 4.93. The lowest BCUT2D eigenvalue weighted by molar-refractivity contribution is 0.0951. The van der Waals surface area contributed by atoms with Crippen LogP contribution in [0.2, 0.25) is 0 Å². The number of nitrogens with one attached hydrogen (secondary N) is 1. The highest BCUT2D eigenvalue weighted by Crippen LogP contribution is 2.27. The van der Waals surface area contributed by atoms with Gasteiger partial charge in [0.1, 0.15) is 5.82 Å². The summed E-state index contributed by atoms with van der Waals surface area (Å²) in [4.78, 5) is 11.8. The molecule has 2 nitrogen and oxygen atoms in total. The Labute approximate surface area is 93.3 Å².